The number of nitrogens with one attached hydrogen (secondary N) is 1. The van der Waals surface area contributed by atoms with Gasteiger partial charge in [0.15, 0.2) is 0 Å². The van der Waals surface area contributed by atoms with Crippen LogP contribution in [0.25, 0.3) is 5.70 Å². The number of anilines is 1. The van der Waals surface area contributed by atoms with Crippen molar-refractivity contribution in [2.45, 2.75) is 6.04 Å². The van der Waals surface area contributed by atoms with E-state index >= 15 is 0 Å². The molecule has 0 amide bonds. The average molecular weight is 471 g/mol. The second-order valence-corrected chi connectivity index (χ2v) is 7.38. The van der Waals surface area contributed by atoms with Crippen molar-refractivity contribution >= 4 is 33.5 Å². The largest absolute Gasteiger partial charge is 0.497 e. The number of benzene rings is 2. The third kappa shape index (κ3) is 3.63. The van der Waals surface area contributed by atoms with E-state index in [2.05, 4.69) is 31.3 Å². The molecular weight excluding hydrogens is 452 g/mol. The van der Waals surface area contributed by atoms with Crippen molar-refractivity contribution in [3.8, 4) is 11.5 Å². The molecule has 9 heteroatoms. The number of carbonyl (C=O) groups excluding carboxylic acids is 1. The number of carbonyl (C=O) groups is 1. The number of rotatable bonds is 5. The van der Waals surface area contributed by atoms with Gasteiger partial charge in [-0.2, -0.15) is 4.98 Å². The summed E-state index contributed by atoms with van der Waals surface area (Å²) in [6.45, 7) is 0. The first kappa shape index (κ1) is 20.0. The van der Waals surface area contributed by atoms with E-state index in [0.717, 1.165) is 21.3 Å². The number of hydrogen-bond acceptors (Lipinski definition) is 7. The quantitative estimate of drug-likeness (QED) is 0.565. The second-order valence-electron chi connectivity index (χ2n) is 6.46. The second kappa shape index (κ2) is 8.19. The summed E-state index contributed by atoms with van der Waals surface area (Å²) >= 11 is 3.46. The van der Waals surface area contributed by atoms with E-state index in [9.17, 15) is 4.79 Å². The minimum Gasteiger partial charge on any atom is -0.497 e. The molecule has 3 aromatic rings. The van der Waals surface area contributed by atoms with Gasteiger partial charge in [0, 0.05) is 15.7 Å². The molecule has 0 saturated heterocycles. The van der Waals surface area contributed by atoms with E-state index < -0.39 is 12.0 Å². The standard InChI is InChI=1S/C21H19BrN4O4/c1-28-14-8-9-18(29-2)15(10-14)17-11-16(12-4-6-13(22)7-5-12)23-21-24-19(20(27)30-3)25-26(17)21/h4-11,17H,1-3H3,(H,23,24,25)/t17-/m1/s1. The number of fused-ring (bicyclic) bond motifs is 1. The van der Waals surface area contributed by atoms with Gasteiger partial charge >= 0.3 is 5.97 Å². The Bertz CT molecular complexity index is 1120. The lowest BCUT2D eigenvalue weighted by Crippen LogP contribution is -2.21. The van der Waals surface area contributed by atoms with Crippen molar-refractivity contribution in [2.24, 2.45) is 0 Å². The number of hydrogen-bond donors (Lipinski definition) is 1. The fraction of sp³-hybridized carbons (Fsp3) is 0.190. The van der Waals surface area contributed by atoms with Crippen LogP contribution < -0.4 is 14.8 Å². The summed E-state index contributed by atoms with van der Waals surface area (Å²) in [5, 5.41) is 7.63. The van der Waals surface area contributed by atoms with Crippen LogP contribution in [0.1, 0.15) is 27.8 Å². The maximum atomic E-state index is 12.0. The highest BCUT2D eigenvalue weighted by Crippen LogP contribution is 2.38. The molecule has 0 unspecified atom stereocenters. The van der Waals surface area contributed by atoms with Crippen molar-refractivity contribution in [1.82, 2.24) is 14.8 Å². The smallest absolute Gasteiger partial charge is 0.378 e. The SMILES string of the molecule is COC(=O)c1nc2n(n1)[C@@H](c1cc(OC)ccc1OC)C=C(c1ccc(Br)cc1)N2. The molecule has 0 fully saturated rings. The number of allylic oxidation sites excluding steroid dienone is 1. The van der Waals surface area contributed by atoms with Gasteiger partial charge in [-0.25, -0.2) is 9.48 Å². The van der Waals surface area contributed by atoms with Crippen molar-refractivity contribution in [1.29, 1.82) is 0 Å². The van der Waals surface area contributed by atoms with E-state index in [-0.39, 0.29) is 5.82 Å². The molecular formula is C21H19BrN4O4. The third-order valence-corrected chi connectivity index (χ3v) is 5.27. The van der Waals surface area contributed by atoms with Crippen LogP contribution in [-0.4, -0.2) is 42.1 Å². The molecule has 4 rings (SSSR count). The van der Waals surface area contributed by atoms with Crippen molar-refractivity contribution in [3.63, 3.8) is 0 Å². The van der Waals surface area contributed by atoms with Crippen LogP contribution in [0.3, 0.4) is 0 Å². The van der Waals surface area contributed by atoms with Gasteiger partial charge in [-0.1, -0.05) is 28.1 Å². The molecule has 1 atom stereocenters. The molecule has 0 saturated carbocycles. The van der Waals surface area contributed by atoms with E-state index in [1.54, 1.807) is 18.9 Å². The Morgan fingerprint density at radius 1 is 1.10 bits per heavy atom. The number of esters is 1. The highest BCUT2D eigenvalue weighted by atomic mass is 79.9. The van der Waals surface area contributed by atoms with Crippen molar-refractivity contribution in [2.75, 3.05) is 26.6 Å². The summed E-state index contributed by atoms with van der Waals surface area (Å²) in [6.07, 6.45) is 2.00. The van der Waals surface area contributed by atoms with Gasteiger partial charge in [-0.15, -0.1) is 5.10 Å². The minimum atomic E-state index is -0.611. The first-order valence-corrected chi connectivity index (χ1v) is 9.85. The van der Waals surface area contributed by atoms with E-state index in [1.807, 2.05) is 48.5 Å². The Labute approximate surface area is 181 Å². The monoisotopic (exact) mass is 470 g/mol. The van der Waals surface area contributed by atoms with Crippen LogP contribution in [0, 0.1) is 0 Å². The molecule has 8 nitrogen and oxygen atoms in total. The first-order chi connectivity index (χ1) is 14.5. The van der Waals surface area contributed by atoms with Gasteiger partial charge in [0.25, 0.3) is 5.82 Å². The number of aromatic nitrogens is 3. The lowest BCUT2D eigenvalue weighted by molar-refractivity contribution is 0.0586. The zero-order valence-electron chi connectivity index (χ0n) is 16.5. The first-order valence-electron chi connectivity index (χ1n) is 9.05. The van der Waals surface area contributed by atoms with Crippen LogP contribution >= 0.6 is 15.9 Å². The number of ether oxygens (including phenoxy) is 3. The fourth-order valence-corrected chi connectivity index (χ4v) is 3.53. The lowest BCUT2D eigenvalue weighted by Gasteiger charge is -2.25. The van der Waals surface area contributed by atoms with E-state index in [0.29, 0.717) is 17.4 Å². The molecule has 0 spiro atoms. The molecule has 30 heavy (non-hydrogen) atoms. The fourth-order valence-electron chi connectivity index (χ4n) is 3.26. The van der Waals surface area contributed by atoms with E-state index in [1.165, 1.54) is 7.11 Å². The molecule has 2 heterocycles. The summed E-state index contributed by atoms with van der Waals surface area (Å²) in [5.74, 6) is 1.12. The minimum absolute atomic E-state index is 0.0303. The Hall–Kier alpha value is -3.33. The number of halogens is 1. The van der Waals surface area contributed by atoms with Crippen LogP contribution in [0.2, 0.25) is 0 Å². The highest BCUT2D eigenvalue weighted by molar-refractivity contribution is 9.10. The van der Waals surface area contributed by atoms with Crippen LogP contribution in [0.4, 0.5) is 5.95 Å². The summed E-state index contributed by atoms with van der Waals surface area (Å²) in [5.41, 5.74) is 2.60. The number of nitrogens with zero attached hydrogens (tertiary/aromatic N) is 3. The third-order valence-electron chi connectivity index (χ3n) is 4.74. The molecule has 1 aromatic heterocycles. The maximum Gasteiger partial charge on any atom is 0.378 e. The Kier molecular flexibility index (Phi) is 5.45. The van der Waals surface area contributed by atoms with Crippen molar-refractivity contribution in [3.05, 3.63) is 70.0 Å². The maximum absolute atomic E-state index is 12.0. The number of methoxy groups -OCH3 is 3. The molecule has 1 aliphatic heterocycles. The molecule has 2 aromatic carbocycles. The molecule has 154 valence electrons. The highest BCUT2D eigenvalue weighted by Gasteiger charge is 2.29. The summed E-state index contributed by atoms with van der Waals surface area (Å²) in [4.78, 5) is 16.4. The Balaban J connectivity index is 1.88. The van der Waals surface area contributed by atoms with Gasteiger partial charge in [-0.05, 0) is 42.0 Å². The molecule has 0 radical (unpaired) electrons. The molecule has 0 aliphatic carbocycles. The van der Waals surface area contributed by atoms with Gasteiger partial charge in [0.05, 0.1) is 21.3 Å². The summed E-state index contributed by atoms with van der Waals surface area (Å²) < 4.78 is 18.4. The van der Waals surface area contributed by atoms with Crippen molar-refractivity contribution < 1.29 is 19.0 Å². The van der Waals surface area contributed by atoms with E-state index in [4.69, 9.17) is 14.2 Å². The average Bonchev–Trinajstić information content (AvgIpc) is 3.22. The predicted molar refractivity (Wildman–Crippen MR) is 115 cm³/mol. The normalized spacial score (nSPS) is 14.9. The van der Waals surface area contributed by atoms with Gasteiger partial charge in [0.1, 0.15) is 17.5 Å². The predicted octanol–water partition coefficient (Wildman–Crippen LogP) is 3.90. The summed E-state index contributed by atoms with van der Waals surface area (Å²) in [6, 6.07) is 13.0. The zero-order chi connectivity index (χ0) is 21.3. The van der Waals surface area contributed by atoms with Crippen LogP contribution in [0.5, 0.6) is 11.5 Å². The molecule has 0 bridgehead atoms. The Morgan fingerprint density at radius 2 is 1.87 bits per heavy atom. The van der Waals surface area contributed by atoms with Gasteiger partial charge in [0.2, 0.25) is 5.95 Å². The topological polar surface area (TPSA) is 87.5 Å². The van der Waals surface area contributed by atoms with Crippen LogP contribution in [0.15, 0.2) is 53.0 Å². The zero-order valence-corrected chi connectivity index (χ0v) is 18.1. The van der Waals surface area contributed by atoms with Gasteiger partial charge < -0.3 is 19.5 Å². The lowest BCUT2D eigenvalue weighted by atomic mass is 10.0. The van der Waals surface area contributed by atoms with Crippen LogP contribution in [-0.2, 0) is 4.74 Å². The summed E-state index contributed by atoms with van der Waals surface area (Å²) in [7, 11) is 4.51. The molecule has 1 aliphatic rings. The van der Waals surface area contributed by atoms with Gasteiger partial charge in [-0.3, -0.25) is 0 Å². The molecule has 1 N–H and O–H groups in total. The Morgan fingerprint density at radius 3 is 2.53 bits per heavy atom.